The number of carbonyl (C=O) groups excluding carboxylic acids is 1. The van der Waals surface area contributed by atoms with E-state index >= 15 is 0 Å². The predicted molar refractivity (Wildman–Crippen MR) is 147 cm³/mol. The molecule has 190 valence electrons. The van der Waals surface area contributed by atoms with Crippen LogP contribution in [0.1, 0.15) is 15.9 Å². The molecule has 6 rings (SSSR count). The van der Waals surface area contributed by atoms with Gasteiger partial charge in [0.2, 0.25) is 0 Å². The Morgan fingerprint density at radius 2 is 1.66 bits per heavy atom. The number of hydrogen-bond acceptors (Lipinski definition) is 5. The van der Waals surface area contributed by atoms with Crippen molar-refractivity contribution >= 4 is 39.5 Å². The molecule has 0 saturated carbocycles. The van der Waals surface area contributed by atoms with Crippen molar-refractivity contribution in [3.05, 3.63) is 102 Å². The number of phenolic OH excluding ortho intramolecular Hbond substituents is 1. The fourth-order valence-corrected chi connectivity index (χ4v) is 4.90. The lowest BCUT2D eigenvalue weighted by Crippen LogP contribution is -3.00. The number of nitrogens with one attached hydrogen (secondary N) is 3. The molecule has 5 aromatic rings. The number of phenols is 1. The monoisotopic (exact) mass is 523 g/mol. The van der Waals surface area contributed by atoms with Gasteiger partial charge in [-0.15, -0.1) is 0 Å². The van der Waals surface area contributed by atoms with Crippen LogP contribution in [0.3, 0.4) is 0 Å². The topological polar surface area (TPSA) is 84.6 Å². The summed E-state index contributed by atoms with van der Waals surface area (Å²) >= 11 is 0. The summed E-state index contributed by atoms with van der Waals surface area (Å²) in [5.41, 5.74) is 3.56. The number of benzene rings is 5. The van der Waals surface area contributed by atoms with Crippen LogP contribution in [-0.2, 0) is 6.61 Å². The Morgan fingerprint density at radius 1 is 0.895 bits per heavy atom. The van der Waals surface area contributed by atoms with Crippen LogP contribution >= 0.6 is 0 Å². The van der Waals surface area contributed by atoms with Crippen LogP contribution in [-0.4, -0.2) is 30.4 Å². The van der Waals surface area contributed by atoms with E-state index in [0.29, 0.717) is 24.2 Å². The quantitative estimate of drug-likeness (QED) is 0.252. The third-order valence-electron chi connectivity index (χ3n) is 6.64. The average Bonchev–Trinajstić information content (AvgIpc) is 3.45. The summed E-state index contributed by atoms with van der Waals surface area (Å²) in [7, 11) is 0. The number of aromatic hydroxyl groups is 1. The Balaban J connectivity index is 0.00000294. The van der Waals surface area contributed by atoms with Crippen LogP contribution < -0.4 is 32.8 Å². The predicted octanol–water partition coefficient (Wildman–Crippen LogP) is 1.21. The van der Waals surface area contributed by atoms with E-state index < -0.39 is 0 Å². The van der Waals surface area contributed by atoms with E-state index in [0.717, 1.165) is 57.4 Å². The number of ether oxygens (including phenoxy) is 1. The van der Waals surface area contributed by atoms with Gasteiger partial charge in [-0.05, 0) is 51.4 Å². The second-order valence-electron chi connectivity index (χ2n) is 9.03. The normalized spacial score (nSPS) is 12.5. The summed E-state index contributed by atoms with van der Waals surface area (Å²) in [6, 6.07) is 29.5. The number of guanidine groups is 1. The molecular weight excluding hydrogens is 498 g/mol. The number of carbonyl (C=O) groups is 1. The minimum absolute atomic E-state index is 0. The van der Waals surface area contributed by atoms with E-state index in [2.05, 4.69) is 21.7 Å². The maximum Gasteiger partial charge on any atom is 0.348 e. The smallest absolute Gasteiger partial charge is 0.348 e. The third kappa shape index (κ3) is 4.74. The summed E-state index contributed by atoms with van der Waals surface area (Å²) in [6.45, 7) is 2.12. The Bertz CT molecular complexity index is 1680. The molecule has 7 heteroatoms. The highest BCUT2D eigenvalue weighted by molar-refractivity contribution is 6.12. The van der Waals surface area contributed by atoms with E-state index in [1.54, 1.807) is 6.07 Å². The number of fused-ring (bicyclic) bond motifs is 2. The average molecular weight is 524 g/mol. The van der Waals surface area contributed by atoms with Gasteiger partial charge in [-0.2, -0.15) is 0 Å². The van der Waals surface area contributed by atoms with Crippen LogP contribution in [0.4, 0.5) is 5.69 Å². The van der Waals surface area contributed by atoms with Crippen molar-refractivity contribution in [3.8, 4) is 22.6 Å². The molecule has 6 nitrogen and oxygen atoms in total. The molecule has 0 atom stereocenters. The largest absolute Gasteiger partial charge is 1.00 e. The van der Waals surface area contributed by atoms with Crippen LogP contribution in [0, 0.1) is 0 Å². The fraction of sp³-hybridized carbons (Fsp3) is 0.0968. The van der Waals surface area contributed by atoms with Gasteiger partial charge in [0.1, 0.15) is 18.1 Å². The van der Waals surface area contributed by atoms with Gasteiger partial charge in [0.25, 0.3) is 0 Å². The number of hydrogen-bond donors (Lipinski definition) is 4. The minimum Gasteiger partial charge on any atom is -1.00 e. The molecule has 4 N–H and O–H groups in total. The molecular formula is C31H26ClN3O3. The van der Waals surface area contributed by atoms with E-state index in [1.807, 2.05) is 78.9 Å². The van der Waals surface area contributed by atoms with Crippen molar-refractivity contribution in [2.45, 2.75) is 6.61 Å². The van der Waals surface area contributed by atoms with Gasteiger partial charge >= 0.3 is 5.96 Å². The third-order valence-corrected chi connectivity index (χ3v) is 6.64. The molecule has 0 fully saturated rings. The zero-order valence-corrected chi connectivity index (χ0v) is 21.3. The summed E-state index contributed by atoms with van der Waals surface area (Å²) < 4.78 is 6.42. The molecule has 0 aromatic heterocycles. The standard InChI is InChI=1S/C31H25N3O3.ClH/c35-18-23-17-22-8-2-4-11-26(22)29(30(23)36)28-25-10-3-1-7-21(25)12-13-27(28)37-19-20-6-5-9-24(16-20)34-31-32-14-15-33-31;/h1-13,16-18,36H,14-15,19H2,(H2,32,33,34);1H. The van der Waals surface area contributed by atoms with E-state index in [1.165, 1.54) is 0 Å². The Morgan fingerprint density at radius 3 is 2.42 bits per heavy atom. The molecule has 0 bridgehead atoms. The lowest BCUT2D eigenvalue weighted by atomic mass is 9.90. The summed E-state index contributed by atoms with van der Waals surface area (Å²) in [4.78, 5) is 15.1. The molecule has 1 heterocycles. The lowest BCUT2D eigenvalue weighted by Gasteiger charge is -2.18. The van der Waals surface area contributed by atoms with Gasteiger partial charge in [0.05, 0.1) is 24.3 Å². The van der Waals surface area contributed by atoms with Gasteiger partial charge in [-0.25, -0.2) is 5.32 Å². The Labute approximate surface area is 226 Å². The maximum atomic E-state index is 11.9. The molecule has 0 aliphatic carbocycles. The minimum atomic E-state index is -0.0466. The van der Waals surface area contributed by atoms with Crippen molar-refractivity contribution in [2.24, 2.45) is 0 Å². The summed E-state index contributed by atoms with van der Waals surface area (Å²) in [5, 5.41) is 21.6. The lowest BCUT2D eigenvalue weighted by molar-refractivity contribution is -0.444. The van der Waals surface area contributed by atoms with E-state index in [9.17, 15) is 9.90 Å². The molecule has 0 spiro atoms. The van der Waals surface area contributed by atoms with Crippen LogP contribution in [0.2, 0.25) is 0 Å². The first-order valence-electron chi connectivity index (χ1n) is 12.3. The molecule has 1 aliphatic heterocycles. The highest BCUT2D eigenvalue weighted by atomic mass is 35.5. The zero-order chi connectivity index (χ0) is 25.2. The Kier molecular flexibility index (Phi) is 7.15. The second kappa shape index (κ2) is 10.8. The number of rotatable bonds is 6. The molecule has 1 aliphatic rings. The fourth-order valence-electron chi connectivity index (χ4n) is 4.90. The molecule has 0 amide bonds. The van der Waals surface area contributed by atoms with Crippen molar-refractivity contribution in [2.75, 3.05) is 18.4 Å². The maximum absolute atomic E-state index is 11.9. The van der Waals surface area contributed by atoms with Gasteiger partial charge in [-0.1, -0.05) is 66.7 Å². The SMILES string of the molecule is O=Cc1cc2ccccc2c(-c2c(OCc3cccc(NC4=[NH+]CCN4)c3)ccc3ccccc23)c1O.[Cl-]. The van der Waals surface area contributed by atoms with Crippen molar-refractivity contribution in [1.29, 1.82) is 0 Å². The first kappa shape index (κ1) is 25.1. The first-order valence-corrected chi connectivity index (χ1v) is 12.3. The molecule has 5 aromatic carbocycles. The van der Waals surface area contributed by atoms with Gasteiger partial charge in [0, 0.05) is 11.1 Å². The summed E-state index contributed by atoms with van der Waals surface area (Å²) in [6.07, 6.45) is 0.696. The van der Waals surface area contributed by atoms with Gasteiger partial charge in [0.15, 0.2) is 6.29 Å². The van der Waals surface area contributed by atoms with E-state index in [-0.39, 0.29) is 23.7 Å². The molecule has 0 unspecified atom stereocenters. The first-order chi connectivity index (χ1) is 18.2. The second-order valence-corrected chi connectivity index (χ2v) is 9.03. The van der Waals surface area contributed by atoms with Gasteiger partial charge in [-0.3, -0.25) is 15.1 Å². The van der Waals surface area contributed by atoms with Crippen molar-refractivity contribution in [3.63, 3.8) is 0 Å². The molecule has 0 radical (unpaired) electrons. The van der Waals surface area contributed by atoms with E-state index in [4.69, 9.17) is 4.74 Å². The zero-order valence-electron chi connectivity index (χ0n) is 20.5. The van der Waals surface area contributed by atoms with Gasteiger partial charge < -0.3 is 22.3 Å². The molecule has 38 heavy (non-hydrogen) atoms. The molecule has 0 saturated heterocycles. The van der Waals surface area contributed by atoms with Crippen LogP contribution in [0.25, 0.3) is 32.7 Å². The van der Waals surface area contributed by atoms with Crippen LogP contribution in [0.15, 0.2) is 91.0 Å². The van der Waals surface area contributed by atoms with Crippen molar-refractivity contribution < 1.29 is 32.0 Å². The highest BCUT2D eigenvalue weighted by Gasteiger charge is 2.20. The number of aldehydes is 1. The van der Waals surface area contributed by atoms with Crippen LogP contribution in [0.5, 0.6) is 11.5 Å². The number of anilines is 1. The number of halogens is 1. The summed E-state index contributed by atoms with van der Waals surface area (Å²) in [5.74, 6) is 1.48. The Hall–Kier alpha value is -4.55. The van der Waals surface area contributed by atoms with Crippen molar-refractivity contribution in [1.82, 2.24) is 5.32 Å². The highest BCUT2D eigenvalue weighted by Crippen LogP contribution is 2.46.